The van der Waals surface area contributed by atoms with Gasteiger partial charge < -0.3 is 11.1 Å². The molecule has 0 atom stereocenters. The molecule has 3 N–H and O–H groups in total. The summed E-state index contributed by atoms with van der Waals surface area (Å²) in [6, 6.07) is 0. The Labute approximate surface area is 169 Å². The number of halogens is 11. The summed E-state index contributed by atoms with van der Waals surface area (Å²) in [5.41, 5.74) is -2.54. The van der Waals surface area contributed by atoms with Crippen molar-refractivity contribution in [3.63, 3.8) is 0 Å². The minimum absolute atomic E-state index is 0.0186. The number of carbonyl (C=O) groups is 2. The van der Waals surface area contributed by atoms with Crippen molar-refractivity contribution in [1.29, 1.82) is 0 Å². The van der Waals surface area contributed by atoms with Gasteiger partial charge in [0, 0.05) is 4.88 Å². The van der Waals surface area contributed by atoms with Crippen molar-refractivity contribution in [2.45, 2.75) is 55.5 Å². The first-order chi connectivity index (χ1) is 13.7. The number of aryl methyl sites for hydroxylation is 1. The summed E-state index contributed by atoms with van der Waals surface area (Å²) < 4.78 is 151. The highest BCUT2D eigenvalue weighted by atomic mass is 32.1. The van der Waals surface area contributed by atoms with Gasteiger partial charge in [-0.15, -0.1) is 11.3 Å². The second kappa shape index (κ2) is 6.68. The van der Waals surface area contributed by atoms with Crippen LogP contribution in [-0.2, 0) is 11.2 Å². The number of thiophene rings is 1. The van der Waals surface area contributed by atoms with E-state index in [2.05, 4.69) is 0 Å². The van der Waals surface area contributed by atoms with Gasteiger partial charge in [0.15, 0.2) is 0 Å². The van der Waals surface area contributed by atoms with Crippen LogP contribution >= 0.6 is 11.3 Å². The van der Waals surface area contributed by atoms with Gasteiger partial charge in [-0.25, -0.2) is 4.39 Å². The van der Waals surface area contributed by atoms with Gasteiger partial charge in [-0.1, -0.05) is 6.92 Å². The fourth-order valence-electron chi connectivity index (χ4n) is 3.05. The van der Waals surface area contributed by atoms with Crippen LogP contribution in [0.2, 0.25) is 0 Å². The van der Waals surface area contributed by atoms with E-state index >= 15 is 0 Å². The van der Waals surface area contributed by atoms with Gasteiger partial charge in [-0.05, 0) is 18.9 Å². The van der Waals surface area contributed by atoms with Crippen molar-refractivity contribution in [3.8, 4) is 0 Å². The van der Waals surface area contributed by atoms with E-state index in [-0.39, 0.29) is 28.2 Å². The molecule has 31 heavy (non-hydrogen) atoms. The zero-order valence-electron chi connectivity index (χ0n) is 15.2. The molecule has 0 bridgehead atoms. The normalized spacial score (nSPS) is 24.4. The highest BCUT2D eigenvalue weighted by Gasteiger charge is 3.02. The van der Waals surface area contributed by atoms with Crippen LogP contribution in [0.1, 0.15) is 27.7 Å². The van der Waals surface area contributed by atoms with E-state index in [0.717, 1.165) is 5.32 Å². The number of rotatable bonds is 4. The van der Waals surface area contributed by atoms with Crippen LogP contribution in [0.4, 0.5) is 53.3 Å². The molecule has 1 saturated carbocycles. The Hall–Kier alpha value is -2.13. The molecule has 0 radical (unpaired) electrons. The maximum atomic E-state index is 14.7. The van der Waals surface area contributed by atoms with Crippen molar-refractivity contribution in [2.75, 3.05) is 5.32 Å². The molecular weight excluding hydrogens is 481 g/mol. The monoisotopic (exact) mass is 492 g/mol. The largest absolute Gasteiger partial charge is 0.384 e. The van der Waals surface area contributed by atoms with Crippen molar-refractivity contribution in [1.82, 2.24) is 0 Å². The van der Waals surface area contributed by atoms with E-state index in [1.807, 2.05) is 0 Å². The molecule has 1 aromatic heterocycles. The molecule has 1 aliphatic carbocycles. The number of nitrogens with two attached hydrogens (primary N) is 1. The van der Waals surface area contributed by atoms with Gasteiger partial charge in [0.1, 0.15) is 5.00 Å². The summed E-state index contributed by atoms with van der Waals surface area (Å²) in [5.74, 6) is -41.8. The molecule has 2 amide bonds. The second-order valence-corrected chi connectivity index (χ2v) is 7.77. The molecule has 1 aromatic rings. The molecule has 1 heterocycles. The fraction of sp³-hybridized carbons (Fsp3) is 0.600. The lowest BCUT2D eigenvalue weighted by Crippen LogP contribution is -2.86. The van der Waals surface area contributed by atoms with Crippen molar-refractivity contribution >= 4 is 28.2 Å². The third-order valence-corrected chi connectivity index (χ3v) is 5.85. The highest BCUT2D eigenvalue weighted by Crippen LogP contribution is 2.69. The third-order valence-electron chi connectivity index (χ3n) is 4.79. The van der Waals surface area contributed by atoms with Gasteiger partial charge >= 0.3 is 35.3 Å². The van der Waals surface area contributed by atoms with E-state index < -0.39 is 57.7 Å². The van der Waals surface area contributed by atoms with Crippen LogP contribution in [0.3, 0.4) is 0 Å². The molecule has 0 saturated heterocycles. The molecule has 176 valence electrons. The van der Waals surface area contributed by atoms with Gasteiger partial charge in [0.05, 0.1) is 5.56 Å². The molecule has 0 aromatic carbocycles. The average molecular weight is 492 g/mol. The number of primary amides is 1. The first-order valence-electron chi connectivity index (χ1n) is 7.99. The summed E-state index contributed by atoms with van der Waals surface area (Å²) >= 11 is 0.272. The summed E-state index contributed by atoms with van der Waals surface area (Å²) in [4.78, 5) is 23.6. The maximum absolute atomic E-state index is 14.7. The number of anilines is 1. The predicted molar refractivity (Wildman–Crippen MR) is 84.2 cm³/mol. The molecule has 16 heteroatoms. The molecule has 0 aliphatic heterocycles. The zero-order valence-corrected chi connectivity index (χ0v) is 16.0. The highest BCUT2D eigenvalue weighted by molar-refractivity contribution is 7.16. The maximum Gasteiger partial charge on any atom is 0.384 e. The topological polar surface area (TPSA) is 72.2 Å². The molecule has 4 nitrogen and oxygen atoms in total. The van der Waals surface area contributed by atoms with Crippen LogP contribution in [0.15, 0.2) is 0 Å². The standard InChI is InChI=1S/C15H11F11N2O2S/c1-3-5-4(2)31-8(6(5)7(27)29)28-9(30)10(16)11(17,18)13(21,22)15(25,26)14(23,24)12(10,19)20/h3H2,1-2H3,(H2,27,29)(H,28,30). The Morgan fingerprint density at radius 2 is 1.23 bits per heavy atom. The van der Waals surface area contributed by atoms with E-state index in [9.17, 15) is 57.9 Å². The van der Waals surface area contributed by atoms with Gasteiger partial charge in [0.2, 0.25) is 0 Å². The summed E-state index contributed by atoms with van der Waals surface area (Å²) in [5, 5.41) is -0.0565. The van der Waals surface area contributed by atoms with Crippen LogP contribution in [-0.4, -0.2) is 47.1 Å². The lowest BCUT2D eigenvalue weighted by atomic mass is 9.71. The van der Waals surface area contributed by atoms with E-state index in [1.165, 1.54) is 13.8 Å². The average Bonchev–Trinajstić information content (AvgIpc) is 2.93. The summed E-state index contributed by atoms with van der Waals surface area (Å²) in [6.45, 7) is 2.67. The molecule has 1 fully saturated rings. The van der Waals surface area contributed by atoms with Crippen LogP contribution < -0.4 is 11.1 Å². The lowest BCUT2D eigenvalue weighted by molar-refractivity contribution is -0.475. The number of hydrogen-bond donors (Lipinski definition) is 2. The summed E-state index contributed by atoms with van der Waals surface area (Å²) in [7, 11) is 0. The Morgan fingerprint density at radius 3 is 1.58 bits per heavy atom. The lowest BCUT2D eigenvalue weighted by Gasteiger charge is -2.51. The number of alkyl halides is 11. The van der Waals surface area contributed by atoms with Crippen molar-refractivity contribution in [3.05, 3.63) is 16.0 Å². The zero-order chi connectivity index (χ0) is 24.6. The Balaban J connectivity index is 2.74. The van der Waals surface area contributed by atoms with Crippen molar-refractivity contribution in [2.24, 2.45) is 5.73 Å². The fourth-order valence-corrected chi connectivity index (χ4v) is 4.19. The Kier molecular flexibility index (Phi) is 5.42. The van der Waals surface area contributed by atoms with Crippen LogP contribution in [0.5, 0.6) is 0 Å². The SMILES string of the molecule is CCc1c(C)sc(NC(=O)C2(F)C(F)(F)C(F)(F)C(F)(F)C(F)(F)C2(F)F)c1C(N)=O. The quantitative estimate of drug-likeness (QED) is 0.606. The number of amides is 2. The minimum atomic E-state index is -7.43. The second-order valence-electron chi connectivity index (χ2n) is 6.54. The predicted octanol–water partition coefficient (Wildman–Crippen LogP) is 4.55. The molecule has 1 aliphatic rings. The van der Waals surface area contributed by atoms with E-state index in [4.69, 9.17) is 5.73 Å². The molecule has 0 unspecified atom stereocenters. The van der Waals surface area contributed by atoms with Gasteiger partial charge in [-0.2, -0.15) is 43.9 Å². The smallest absolute Gasteiger partial charge is 0.365 e. The molecule has 2 rings (SSSR count). The van der Waals surface area contributed by atoms with Crippen molar-refractivity contribution < 1.29 is 57.9 Å². The first kappa shape index (κ1) is 25.1. The Morgan fingerprint density at radius 1 is 0.839 bits per heavy atom. The first-order valence-corrected chi connectivity index (χ1v) is 8.81. The van der Waals surface area contributed by atoms with E-state index in [1.54, 1.807) is 0 Å². The van der Waals surface area contributed by atoms with Crippen LogP contribution in [0.25, 0.3) is 0 Å². The molecular formula is C15H11F11N2O2S. The molecule has 0 spiro atoms. The van der Waals surface area contributed by atoms with Gasteiger partial charge in [0.25, 0.3) is 11.8 Å². The third kappa shape index (κ3) is 2.65. The van der Waals surface area contributed by atoms with Gasteiger partial charge in [-0.3, -0.25) is 9.59 Å². The van der Waals surface area contributed by atoms with Crippen LogP contribution in [0, 0.1) is 6.92 Å². The summed E-state index contributed by atoms with van der Waals surface area (Å²) in [6.07, 6.45) is -0.0219. The minimum Gasteiger partial charge on any atom is -0.365 e. The number of carbonyl (C=O) groups excluding carboxylic acids is 2. The van der Waals surface area contributed by atoms with E-state index in [0.29, 0.717) is 0 Å². The number of nitrogens with one attached hydrogen (secondary N) is 1. The number of hydrogen-bond acceptors (Lipinski definition) is 3. The Bertz CT molecular complexity index is 912.